The van der Waals surface area contributed by atoms with Crippen LogP contribution in [0.3, 0.4) is 0 Å². The molecular weight excluding hydrogens is 180 g/mol. The summed E-state index contributed by atoms with van der Waals surface area (Å²) < 4.78 is 4.66. The van der Waals surface area contributed by atoms with Crippen molar-refractivity contribution in [1.82, 2.24) is 0 Å². The molecule has 4 N–H and O–H groups in total. The molecule has 0 radical (unpaired) electrons. The van der Waals surface area contributed by atoms with E-state index in [1.165, 1.54) is 6.92 Å². The summed E-state index contributed by atoms with van der Waals surface area (Å²) in [5, 5.41) is 36.2. The maximum atomic E-state index is 10.5. The van der Waals surface area contributed by atoms with Crippen LogP contribution in [0.25, 0.3) is 0 Å². The Morgan fingerprint density at radius 2 is 2.08 bits per heavy atom. The van der Waals surface area contributed by atoms with Crippen molar-refractivity contribution >= 4 is 5.97 Å². The quantitative estimate of drug-likeness (QED) is 0.394. The highest BCUT2D eigenvalue weighted by atomic mass is 16.6. The average Bonchev–Trinajstić information content (AvgIpc) is 1.95. The summed E-state index contributed by atoms with van der Waals surface area (Å²) in [6.45, 7) is 1.23. The van der Waals surface area contributed by atoms with Gasteiger partial charge in [0.1, 0.15) is 6.10 Å². The maximum absolute atomic E-state index is 10.5. The van der Waals surface area contributed by atoms with Crippen molar-refractivity contribution in [3.63, 3.8) is 0 Å². The van der Waals surface area contributed by atoms with Crippen LogP contribution < -0.4 is 0 Å². The summed E-state index contributed by atoms with van der Waals surface area (Å²) in [5.41, 5.74) is 0. The number of hydrogen-bond donors (Lipinski definition) is 4. The SMILES string of the molecule is C[C@@]1(O)C[C@@H](O)[C@H](O)[C@@H](C(=O)O)O1. The van der Waals surface area contributed by atoms with E-state index < -0.39 is 30.1 Å². The van der Waals surface area contributed by atoms with Crippen LogP contribution in [-0.2, 0) is 9.53 Å². The fourth-order valence-electron chi connectivity index (χ4n) is 1.30. The zero-order valence-electron chi connectivity index (χ0n) is 7.04. The van der Waals surface area contributed by atoms with Crippen LogP contribution in [0.2, 0.25) is 0 Å². The second kappa shape index (κ2) is 3.22. The number of carboxylic acid groups (broad SMARTS) is 1. The van der Waals surface area contributed by atoms with Crippen LogP contribution in [0.15, 0.2) is 0 Å². The van der Waals surface area contributed by atoms with Crippen molar-refractivity contribution in [3.8, 4) is 0 Å². The molecular formula is C7H12O6. The molecule has 0 aromatic rings. The molecule has 13 heavy (non-hydrogen) atoms. The summed E-state index contributed by atoms with van der Waals surface area (Å²) >= 11 is 0. The van der Waals surface area contributed by atoms with E-state index in [1.807, 2.05) is 0 Å². The van der Waals surface area contributed by atoms with Gasteiger partial charge < -0.3 is 25.2 Å². The van der Waals surface area contributed by atoms with Gasteiger partial charge in [0.05, 0.1) is 6.10 Å². The Hall–Kier alpha value is -0.690. The minimum atomic E-state index is -1.71. The van der Waals surface area contributed by atoms with Crippen molar-refractivity contribution in [2.24, 2.45) is 0 Å². The van der Waals surface area contributed by atoms with Gasteiger partial charge in [0.15, 0.2) is 11.9 Å². The predicted molar refractivity (Wildman–Crippen MR) is 39.8 cm³/mol. The number of carbonyl (C=O) groups is 1. The van der Waals surface area contributed by atoms with E-state index in [9.17, 15) is 20.1 Å². The van der Waals surface area contributed by atoms with E-state index in [0.29, 0.717) is 0 Å². The third-order valence-electron chi connectivity index (χ3n) is 1.92. The van der Waals surface area contributed by atoms with Crippen molar-refractivity contribution < 1.29 is 30.0 Å². The molecule has 6 nitrogen and oxygen atoms in total. The molecule has 1 saturated heterocycles. The predicted octanol–water partition coefficient (Wildman–Crippen LogP) is -1.71. The average molecular weight is 192 g/mol. The lowest BCUT2D eigenvalue weighted by Crippen LogP contribution is -2.56. The van der Waals surface area contributed by atoms with Crippen LogP contribution >= 0.6 is 0 Å². The molecule has 0 aromatic carbocycles. The van der Waals surface area contributed by atoms with Gasteiger partial charge in [0.2, 0.25) is 0 Å². The molecule has 0 bridgehead atoms. The van der Waals surface area contributed by atoms with Crippen LogP contribution in [-0.4, -0.2) is 50.5 Å². The molecule has 0 amide bonds. The molecule has 0 aromatic heterocycles. The molecule has 1 fully saturated rings. The standard InChI is InChI=1S/C7H12O6/c1-7(12)2-3(8)4(9)5(13-7)6(10)11/h3-5,8-9,12H,2H2,1H3,(H,10,11)/t3-,4+,5+,7+/m1/s1. The molecule has 6 heteroatoms. The van der Waals surface area contributed by atoms with Crippen LogP contribution in [0.4, 0.5) is 0 Å². The molecule has 1 aliphatic heterocycles. The lowest BCUT2D eigenvalue weighted by atomic mass is 9.96. The van der Waals surface area contributed by atoms with Gasteiger partial charge in [-0.15, -0.1) is 0 Å². The maximum Gasteiger partial charge on any atom is 0.335 e. The van der Waals surface area contributed by atoms with Gasteiger partial charge in [-0.25, -0.2) is 4.79 Å². The van der Waals surface area contributed by atoms with E-state index in [0.717, 1.165) is 0 Å². The minimum absolute atomic E-state index is 0.210. The Labute approximate surface area is 74.4 Å². The summed E-state index contributed by atoms with van der Waals surface area (Å²) in [5.74, 6) is -3.12. The molecule has 0 saturated carbocycles. The second-order valence-electron chi connectivity index (χ2n) is 3.31. The zero-order chi connectivity index (χ0) is 10.2. The third kappa shape index (κ3) is 2.16. The van der Waals surface area contributed by atoms with E-state index >= 15 is 0 Å². The largest absolute Gasteiger partial charge is 0.479 e. The van der Waals surface area contributed by atoms with Gasteiger partial charge in [0.25, 0.3) is 0 Å². The molecule has 0 unspecified atom stereocenters. The van der Waals surface area contributed by atoms with Crippen LogP contribution in [0.5, 0.6) is 0 Å². The molecule has 0 aliphatic carbocycles. The van der Waals surface area contributed by atoms with Gasteiger partial charge in [-0.3, -0.25) is 0 Å². The number of carboxylic acids is 1. The highest BCUT2D eigenvalue weighted by molar-refractivity contribution is 5.73. The van der Waals surface area contributed by atoms with E-state index in [1.54, 1.807) is 0 Å². The smallest absolute Gasteiger partial charge is 0.335 e. The Morgan fingerprint density at radius 3 is 2.54 bits per heavy atom. The number of aliphatic carboxylic acids is 1. The zero-order valence-corrected chi connectivity index (χ0v) is 7.04. The fraction of sp³-hybridized carbons (Fsp3) is 0.857. The van der Waals surface area contributed by atoms with Gasteiger partial charge >= 0.3 is 5.97 Å². The second-order valence-corrected chi connectivity index (χ2v) is 3.31. The number of hydrogen-bond acceptors (Lipinski definition) is 5. The first kappa shape index (κ1) is 10.4. The van der Waals surface area contributed by atoms with Crippen molar-refractivity contribution in [1.29, 1.82) is 0 Å². The van der Waals surface area contributed by atoms with Crippen molar-refractivity contribution in [2.75, 3.05) is 0 Å². The van der Waals surface area contributed by atoms with Crippen LogP contribution in [0, 0.1) is 0 Å². The van der Waals surface area contributed by atoms with Gasteiger partial charge in [-0.2, -0.15) is 0 Å². The summed E-state index contributed by atoms with van der Waals surface area (Å²) in [4.78, 5) is 10.5. The topological polar surface area (TPSA) is 107 Å². The van der Waals surface area contributed by atoms with Gasteiger partial charge in [-0.1, -0.05) is 0 Å². The van der Waals surface area contributed by atoms with E-state index in [2.05, 4.69) is 4.74 Å². The van der Waals surface area contributed by atoms with E-state index in [-0.39, 0.29) is 6.42 Å². The monoisotopic (exact) mass is 192 g/mol. The molecule has 76 valence electrons. The summed E-state index contributed by atoms with van der Waals surface area (Å²) in [6.07, 6.45) is -4.58. The number of aliphatic hydroxyl groups excluding tert-OH is 2. The highest BCUT2D eigenvalue weighted by Gasteiger charge is 2.45. The Kier molecular flexibility index (Phi) is 2.58. The van der Waals surface area contributed by atoms with Crippen LogP contribution in [0.1, 0.15) is 13.3 Å². The van der Waals surface area contributed by atoms with Gasteiger partial charge in [-0.05, 0) is 6.92 Å². The molecule has 4 atom stereocenters. The first-order valence-electron chi connectivity index (χ1n) is 3.82. The van der Waals surface area contributed by atoms with Gasteiger partial charge in [0, 0.05) is 6.42 Å². The molecule has 1 rings (SSSR count). The number of rotatable bonds is 1. The van der Waals surface area contributed by atoms with Crippen molar-refractivity contribution in [2.45, 2.75) is 37.4 Å². The molecule has 1 heterocycles. The fourth-order valence-corrected chi connectivity index (χ4v) is 1.30. The summed E-state index contributed by atoms with van der Waals surface area (Å²) in [7, 11) is 0. The lowest BCUT2D eigenvalue weighted by molar-refractivity contribution is -0.288. The first-order valence-corrected chi connectivity index (χ1v) is 3.82. The minimum Gasteiger partial charge on any atom is -0.479 e. The Balaban J connectivity index is 2.78. The Bertz CT molecular complexity index is 213. The first-order chi connectivity index (χ1) is 5.83. The summed E-state index contributed by atoms with van der Waals surface area (Å²) in [6, 6.07) is 0. The number of ether oxygens (including phenoxy) is 1. The Morgan fingerprint density at radius 1 is 1.54 bits per heavy atom. The third-order valence-corrected chi connectivity index (χ3v) is 1.92. The normalized spacial score (nSPS) is 46.0. The lowest BCUT2D eigenvalue weighted by Gasteiger charge is -2.38. The highest BCUT2D eigenvalue weighted by Crippen LogP contribution is 2.26. The van der Waals surface area contributed by atoms with Crippen molar-refractivity contribution in [3.05, 3.63) is 0 Å². The van der Waals surface area contributed by atoms with E-state index in [4.69, 9.17) is 5.11 Å². The molecule has 0 spiro atoms. The molecule has 1 aliphatic rings. The number of aliphatic hydroxyl groups is 3.